The third-order valence-corrected chi connectivity index (χ3v) is 2.03. The van der Waals surface area contributed by atoms with E-state index in [2.05, 4.69) is 10.3 Å². The zero-order valence-electron chi connectivity index (χ0n) is 7.27. The molecule has 1 aromatic rings. The largest absolute Gasteiger partial charge is 0.378 e. The van der Waals surface area contributed by atoms with Gasteiger partial charge in [-0.1, -0.05) is 0 Å². The molecule has 1 aliphatic rings. The van der Waals surface area contributed by atoms with Gasteiger partial charge in [-0.05, 0) is 17.7 Å². The average Bonchev–Trinajstić information content (AvgIpc) is 2.21. The number of ether oxygens (including phenoxy) is 1. The third-order valence-electron chi connectivity index (χ3n) is 2.03. The second-order valence-electron chi connectivity index (χ2n) is 2.86. The number of nitrogens with zero attached hydrogens (tertiary/aromatic N) is 1. The zero-order valence-corrected chi connectivity index (χ0v) is 8.09. The van der Waals surface area contributed by atoms with Gasteiger partial charge in [0, 0.05) is 18.9 Å². The lowest BCUT2D eigenvalue weighted by Crippen LogP contribution is -2.34. The molecule has 0 saturated carbocycles. The number of halogens is 1. The highest BCUT2D eigenvalue weighted by Crippen LogP contribution is 2.13. The fourth-order valence-electron chi connectivity index (χ4n) is 1.38. The summed E-state index contributed by atoms with van der Waals surface area (Å²) in [5.41, 5.74) is 1.25. The van der Waals surface area contributed by atoms with Crippen LogP contribution in [0.5, 0.6) is 0 Å². The molecule has 72 valence electrons. The molecule has 1 fully saturated rings. The molecule has 1 aromatic heterocycles. The fourth-order valence-corrected chi connectivity index (χ4v) is 1.38. The van der Waals surface area contributed by atoms with Crippen molar-refractivity contribution < 1.29 is 4.74 Å². The van der Waals surface area contributed by atoms with Gasteiger partial charge in [-0.15, -0.1) is 12.4 Å². The molecule has 0 unspecified atom stereocenters. The zero-order chi connectivity index (χ0) is 8.23. The molecular formula is C9H13ClN2O. The molecular weight excluding hydrogens is 188 g/mol. The van der Waals surface area contributed by atoms with Crippen molar-refractivity contribution in [1.82, 2.24) is 10.3 Å². The summed E-state index contributed by atoms with van der Waals surface area (Å²) >= 11 is 0. The van der Waals surface area contributed by atoms with Crippen molar-refractivity contribution >= 4 is 12.4 Å². The second kappa shape index (κ2) is 5.17. The summed E-state index contributed by atoms with van der Waals surface area (Å²) in [6.07, 6.45) is 3.62. The standard InChI is InChI=1S/C9H12N2O.ClH/c1-3-10-4-2-8(1)9-7-12-6-5-11-9;/h1-4,9,11H,5-7H2;1H/t9-;/m0./s1. The Morgan fingerprint density at radius 3 is 2.77 bits per heavy atom. The quantitative estimate of drug-likeness (QED) is 0.739. The van der Waals surface area contributed by atoms with Crippen molar-refractivity contribution in [3.05, 3.63) is 30.1 Å². The van der Waals surface area contributed by atoms with Crippen LogP contribution in [0.25, 0.3) is 0 Å². The highest BCUT2D eigenvalue weighted by Gasteiger charge is 2.13. The van der Waals surface area contributed by atoms with E-state index in [-0.39, 0.29) is 12.4 Å². The maximum atomic E-state index is 5.35. The molecule has 1 saturated heterocycles. The number of nitrogens with one attached hydrogen (secondary N) is 1. The highest BCUT2D eigenvalue weighted by molar-refractivity contribution is 5.85. The maximum Gasteiger partial charge on any atom is 0.0662 e. The van der Waals surface area contributed by atoms with Crippen LogP contribution < -0.4 is 5.32 Å². The third kappa shape index (κ3) is 2.66. The van der Waals surface area contributed by atoms with Crippen LogP contribution in [0.3, 0.4) is 0 Å². The van der Waals surface area contributed by atoms with E-state index in [1.807, 2.05) is 24.5 Å². The lowest BCUT2D eigenvalue weighted by Gasteiger charge is -2.23. The second-order valence-corrected chi connectivity index (χ2v) is 2.86. The van der Waals surface area contributed by atoms with Gasteiger partial charge in [-0.2, -0.15) is 0 Å². The Bertz CT molecular complexity index is 237. The van der Waals surface area contributed by atoms with Crippen LogP contribution in [0.15, 0.2) is 24.5 Å². The van der Waals surface area contributed by atoms with Crippen LogP contribution in [0.1, 0.15) is 11.6 Å². The van der Waals surface area contributed by atoms with Crippen molar-refractivity contribution in [2.45, 2.75) is 6.04 Å². The Morgan fingerprint density at radius 1 is 1.38 bits per heavy atom. The van der Waals surface area contributed by atoms with Gasteiger partial charge in [0.1, 0.15) is 0 Å². The molecule has 0 amide bonds. The van der Waals surface area contributed by atoms with Crippen LogP contribution in [0.4, 0.5) is 0 Å². The average molecular weight is 201 g/mol. The van der Waals surface area contributed by atoms with Gasteiger partial charge >= 0.3 is 0 Å². The molecule has 4 heteroatoms. The molecule has 3 nitrogen and oxygen atoms in total. The van der Waals surface area contributed by atoms with Crippen molar-refractivity contribution in [3.8, 4) is 0 Å². The maximum absolute atomic E-state index is 5.35. The van der Waals surface area contributed by atoms with Crippen LogP contribution in [0.2, 0.25) is 0 Å². The first-order chi connectivity index (χ1) is 5.97. The molecule has 0 bridgehead atoms. The summed E-state index contributed by atoms with van der Waals surface area (Å²) in [6, 6.07) is 4.39. The summed E-state index contributed by atoms with van der Waals surface area (Å²) < 4.78 is 5.35. The smallest absolute Gasteiger partial charge is 0.0662 e. The predicted molar refractivity (Wildman–Crippen MR) is 53.0 cm³/mol. The Morgan fingerprint density at radius 2 is 2.15 bits per heavy atom. The minimum Gasteiger partial charge on any atom is -0.378 e. The van der Waals surface area contributed by atoms with Crippen molar-refractivity contribution in [2.75, 3.05) is 19.8 Å². The topological polar surface area (TPSA) is 34.1 Å². The molecule has 1 atom stereocenters. The molecule has 2 heterocycles. The van der Waals surface area contributed by atoms with Crippen molar-refractivity contribution in [2.24, 2.45) is 0 Å². The molecule has 0 aliphatic carbocycles. The van der Waals surface area contributed by atoms with E-state index in [0.29, 0.717) is 6.04 Å². The van der Waals surface area contributed by atoms with E-state index < -0.39 is 0 Å². The van der Waals surface area contributed by atoms with Crippen LogP contribution in [-0.4, -0.2) is 24.7 Å². The highest BCUT2D eigenvalue weighted by atomic mass is 35.5. The molecule has 0 spiro atoms. The van der Waals surface area contributed by atoms with E-state index in [9.17, 15) is 0 Å². The normalized spacial score (nSPS) is 22.0. The number of hydrogen-bond acceptors (Lipinski definition) is 3. The summed E-state index contributed by atoms with van der Waals surface area (Å²) in [4.78, 5) is 3.97. The van der Waals surface area contributed by atoms with Crippen LogP contribution >= 0.6 is 12.4 Å². The number of hydrogen-bond donors (Lipinski definition) is 1. The van der Waals surface area contributed by atoms with Crippen molar-refractivity contribution in [1.29, 1.82) is 0 Å². The first kappa shape index (κ1) is 10.4. The lowest BCUT2D eigenvalue weighted by molar-refractivity contribution is 0.0768. The minimum absolute atomic E-state index is 0. The summed E-state index contributed by atoms with van der Waals surface area (Å²) in [5.74, 6) is 0. The molecule has 2 rings (SSSR count). The van der Waals surface area contributed by atoms with Gasteiger partial charge in [0.05, 0.1) is 19.3 Å². The van der Waals surface area contributed by atoms with Gasteiger partial charge in [0.2, 0.25) is 0 Å². The monoisotopic (exact) mass is 200 g/mol. The number of pyridine rings is 1. The Kier molecular flexibility index (Phi) is 4.15. The molecule has 1 N–H and O–H groups in total. The summed E-state index contributed by atoms with van der Waals surface area (Å²) in [6.45, 7) is 2.53. The van der Waals surface area contributed by atoms with E-state index in [1.165, 1.54) is 5.56 Å². The number of aromatic nitrogens is 1. The van der Waals surface area contributed by atoms with E-state index in [4.69, 9.17) is 4.74 Å². The lowest BCUT2D eigenvalue weighted by atomic mass is 10.1. The number of rotatable bonds is 1. The Hall–Kier alpha value is -0.640. The summed E-state index contributed by atoms with van der Waals surface area (Å²) in [5, 5.41) is 3.38. The van der Waals surface area contributed by atoms with Gasteiger partial charge in [-0.25, -0.2) is 0 Å². The van der Waals surface area contributed by atoms with E-state index in [1.54, 1.807) is 0 Å². The minimum atomic E-state index is 0. The first-order valence-electron chi connectivity index (χ1n) is 4.18. The predicted octanol–water partition coefficient (Wildman–Crippen LogP) is 1.16. The van der Waals surface area contributed by atoms with Gasteiger partial charge in [0.25, 0.3) is 0 Å². The Labute approximate surface area is 83.9 Å². The first-order valence-corrected chi connectivity index (χ1v) is 4.18. The van der Waals surface area contributed by atoms with Gasteiger partial charge in [0.15, 0.2) is 0 Å². The van der Waals surface area contributed by atoms with E-state index >= 15 is 0 Å². The van der Waals surface area contributed by atoms with Gasteiger partial charge in [-0.3, -0.25) is 4.98 Å². The molecule has 1 aliphatic heterocycles. The van der Waals surface area contributed by atoms with E-state index in [0.717, 1.165) is 19.8 Å². The van der Waals surface area contributed by atoms with Gasteiger partial charge < -0.3 is 10.1 Å². The van der Waals surface area contributed by atoms with Crippen molar-refractivity contribution in [3.63, 3.8) is 0 Å². The fraction of sp³-hybridized carbons (Fsp3) is 0.444. The Balaban J connectivity index is 0.000000845. The summed E-state index contributed by atoms with van der Waals surface area (Å²) in [7, 11) is 0. The van der Waals surface area contributed by atoms with Crippen LogP contribution in [-0.2, 0) is 4.74 Å². The van der Waals surface area contributed by atoms with Crippen LogP contribution in [0, 0.1) is 0 Å². The SMILES string of the molecule is Cl.c1cc([C@@H]2COCCN2)ccn1. The molecule has 0 aromatic carbocycles. The molecule has 0 radical (unpaired) electrons. The number of morpholine rings is 1. The molecule has 13 heavy (non-hydrogen) atoms.